The Bertz CT molecular complexity index is 1160. The summed E-state index contributed by atoms with van der Waals surface area (Å²) in [5.41, 5.74) is 4.46. The van der Waals surface area contributed by atoms with E-state index < -0.39 is 13.2 Å². The molecule has 4 rings (SSSR count). The molecule has 0 saturated heterocycles. The third-order valence-electron chi connectivity index (χ3n) is 5.85. The van der Waals surface area contributed by atoms with Gasteiger partial charge in [0.15, 0.2) is 0 Å². The summed E-state index contributed by atoms with van der Waals surface area (Å²) in [6.07, 6.45) is 0.586. The first kappa shape index (κ1) is 26.2. The van der Waals surface area contributed by atoms with Crippen molar-refractivity contribution in [3.8, 4) is 0 Å². The number of hydrogen-bond donors (Lipinski definition) is 0. The summed E-state index contributed by atoms with van der Waals surface area (Å²) in [5.74, 6) is 0. The first-order chi connectivity index (χ1) is 17.2. The van der Waals surface area contributed by atoms with Crippen LogP contribution in [0.3, 0.4) is 0 Å². The zero-order valence-corrected chi connectivity index (χ0v) is 22.1. The van der Waals surface area contributed by atoms with Crippen LogP contribution in [-0.2, 0) is 50.7 Å². The van der Waals surface area contributed by atoms with Gasteiger partial charge in [-0.05, 0) is 55.0 Å². The second kappa shape index (κ2) is 11.4. The molecule has 0 saturated carbocycles. The minimum Gasteiger partial charge on any atom is -0.444 e. The van der Waals surface area contributed by atoms with Gasteiger partial charge < -0.3 is 18.7 Å². The Morgan fingerprint density at radius 2 is 1.42 bits per heavy atom. The van der Waals surface area contributed by atoms with E-state index in [2.05, 4.69) is 6.07 Å². The van der Waals surface area contributed by atoms with Crippen molar-refractivity contribution in [2.24, 2.45) is 0 Å². The van der Waals surface area contributed by atoms with Crippen LogP contribution < -0.4 is 0 Å². The highest BCUT2D eigenvalue weighted by Gasteiger charge is 2.28. The largest absolute Gasteiger partial charge is 0.444 e. The lowest BCUT2D eigenvalue weighted by Gasteiger charge is -2.31. The van der Waals surface area contributed by atoms with Crippen LogP contribution in [0.15, 0.2) is 78.9 Å². The maximum atomic E-state index is 13.9. The molecule has 0 spiro atoms. The number of fused-ring (bicyclic) bond motifs is 1. The highest BCUT2D eigenvalue weighted by Crippen LogP contribution is 2.53. The Balaban J connectivity index is 1.46. The van der Waals surface area contributed by atoms with Crippen molar-refractivity contribution in [1.82, 2.24) is 4.90 Å². The molecule has 0 fully saturated rings. The SMILES string of the molecule is CC(C)(C)OC(=O)N1CCc2cc(CP(=O)(OCc3ccccc3)OCc3ccccc3)ccc2C1. The number of carbonyl (C=O) groups excluding carboxylic acids is 1. The van der Waals surface area contributed by atoms with Gasteiger partial charge in [-0.1, -0.05) is 78.9 Å². The Hall–Kier alpha value is -2.92. The zero-order chi connectivity index (χ0) is 25.6. The van der Waals surface area contributed by atoms with E-state index in [0.717, 1.165) is 27.8 Å². The molecule has 1 heterocycles. The van der Waals surface area contributed by atoms with E-state index in [1.54, 1.807) is 4.90 Å². The molecule has 36 heavy (non-hydrogen) atoms. The summed E-state index contributed by atoms with van der Waals surface area (Å²) in [5, 5.41) is 0. The lowest BCUT2D eigenvalue weighted by atomic mass is 9.98. The molecule has 3 aromatic rings. The van der Waals surface area contributed by atoms with E-state index in [-0.39, 0.29) is 25.5 Å². The van der Waals surface area contributed by atoms with E-state index in [9.17, 15) is 9.36 Å². The van der Waals surface area contributed by atoms with E-state index >= 15 is 0 Å². The van der Waals surface area contributed by atoms with Crippen molar-refractivity contribution in [2.75, 3.05) is 6.54 Å². The Kier molecular flexibility index (Phi) is 8.30. The molecular weight excluding hydrogens is 473 g/mol. The van der Waals surface area contributed by atoms with Crippen molar-refractivity contribution in [1.29, 1.82) is 0 Å². The molecule has 3 aromatic carbocycles. The van der Waals surface area contributed by atoms with Gasteiger partial charge >= 0.3 is 13.7 Å². The average molecular weight is 508 g/mol. The fourth-order valence-electron chi connectivity index (χ4n) is 4.03. The lowest BCUT2D eigenvalue weighted by Crippen LogP contribution is -2.39. The van der Waals surface area contributed by atoms with Gasteiger partial charge in [0.25, 0.3) is 0 Å². The molecule has 0 aliphatic carbocycles. The van der Waals surface area contributed by atoms with Crippen LogP contribution in [0.4, 0.5) is 4.79 Å². The van der Waals surface area contributed by atoms with Crippen LogP contribution in [0.5, 0.6) is 0 Å². The third-order valence-corrected chi connectivity index (χ3v) is 7.65. The maximum absolute atomic E-state index is 13.9. The van der Waals surface area contributed by atoms with Crippen LogP contribution in [0.2, 0.25) is 0 Å². The Labute approximate surface area is 213 Å². The molecule has 0 aromatic heterocycles. The highest BCUT2D eigenvalue weighted by atomic mass is 31.2. The molecule has 0 radical (unpaired) electrons. The monoisotopic (exact) mass is 507 g/mol. The number of carbonyl (C=O) groups is 1. The third kappa shape index (κ3) is 7.54. The quantitative estimate of drug-likeness (QED) is 0.304. The van der Waals surface area contributed by atoms with E-state index in [4.69, 9.17) is 13.8 Å². The van der Waals surface area contributed by atoms with Gasteiger partial charge in [0.1, 0.15) is 5.60 Å². The summed E-state index contributed by atoms with van der Waals surface area (Å²) in [6, 6.07) is 25.4. The van der Waals surface area contributed by atoms with E-state index in [1.807, 2.05) is 93.6 Å². The van der Waals surface area contributed by atoms with E-state index in [1.165, 1.54) is 0 Å². The first-order valence-electron chi connectivity index (χ1n) is 12.2. The Morgan fingerprint density at radius 3 is 1.97 bits per heavy atom. The van der Waals surface area contributed by atoms with Gasteiger partial charge in [0.05, 0.1) is 19.4 Å². The molecule has 6 nitrogen and oxygen atoms in total. The summed E-state index contributed by atoms with van der Waals surface area (Å²) >= 11 is 0. The highest BCUT2D eigenvalue weighted by molar-refractivity contribution is 7.52. The second-order valence-corrected chi connectivity index (χ2v) is 12.1. The summed E-state index contributed by atoms with van der Waals surface area (Å²) in [7, 11) is -3.44. The number of benzene rings is 3. The normalized spacial score (nSPS) is 13.8. The average Bonchev–Trinajstić information content (AvgIpc) is 2.86. The Morgan fingerprint density at radius 1 is 0.833 bits per heavy atom. The molecule has 1 aliphatic rings. The summed E-state index contributed by atoms with van der Waals surface area (Å²) < 4.78 is 31.3. The number of hydrogen-bond acceptors (Lipinski definition) is 5. The minimum atomic E-state index is -3.44. The molecule has 7 heteroatoms. The predicted octanol–water partition coefficient (Wildman–Crippen LogP) is 7.11. The maximum Gasteiger partial charge on any atom is 0.410 e. The summed E-state index contributed by atoms with van der Waals surface area (Å²) in [6.45, 7) is 7.11. The minimum absolute atomic E-state index is 0.176. The second-order valence-electron chi connectivity index (χ2n) is 10.0. The van der Waals surface area contributed by atoms with Gasteiger partial charge in [0, 0.05) is 13.1 Å². The lowest BCUT2D eigenvalue weighted by molar-refractivity contribution is 0.0224. The number of nitrogens with zero attached hydrogens (tertiary/aromatic N) is 1. The molecular formula is C29H34NO5P. The van der Waals surface area contributed by atoms with Crippen molar-refractivity contribution in [2.45, 2.75) is 58.7 Å². The standard InChI is InChI=1S/C29H34NO5P/c1-29(2,3)35-28(31)30-17-16-26-18-25(14-15-27(26)19-30)22-36(32,33-20-23-10-6-4-7-11-23)34-21-24-12-8-5-9-13-24/h4-15,18H,16-17,19-22H2,1-3H3. The van der Waals surface area contributed by atoms with Crippen LogP contribution in [-0.4, -0.2) is 23.1 Å². The predicted molar refractivity (Wildman–Crippen MR) is 141 cm³/mol. The zero-order valence-electron chi connectivity index (χ0n) is 21.2. The topological polar surface area (TPSA) is 65.1 Å². The molecule has 0 bridgehead atoms. The smallest absolute Gasteiger partial charge is 0.410 e. The number of rotatable bonds is 8. The van der Waals surface area contributed by atoms with E-state index in [0.29, 0.717) is 19.5 Å². The van der Waals surface area contributed by atoms with Crippen molar-refractivity contribution in [3.63, 3.8) is 0 Å². The number of ether oxygens (including phenoxy) is 1. The molecule has 0 unspecified atom stereocenters. The van der Waals surface area contributed by atoms with Crippen molar-refractivity contribution < 1.29 is 23.1 Å². The van der Waals surface area contributed by atoms with Gasteiger partial charge in [-0.25, -0.2) is 4.79 Å². The van der Waals surface area contributed by atoms with Gasteiger partial charge in [-0.3, -0.25) is 4.57 Å². The molecule has 0 atom stereocenters. The van der Waals surface area contributed by atoms with Crippen LogP contribution in [0.25, 0.3) is 0 Å². The molecule has 190 valence electrons. The van der Waals surface area contributed by atoms with Gasteiger partial charge in [0.2, 0.25) is 0 Å². The molecule has 1 amide bonds. The molecule has 0 N–H and O–H groups in total. The fourth-order valence-corrected chi connectivity index (χ4v) is 5.63. The fraction of sp³-hybridized carbons (Fsp3) is 0.345. The van der Waals surface area contributed by atoms with Crippen LogP contribution in [0, 0.1) is 0 Å². The van der Waals surface area contributed by atoms with Gasteiger partial charge in [-0.2, -0.15) is 0 Å². The van der Waals surface area contributed by atoms with Crippen molar-refractivity contribution >= 4 is 13.7 Å². The van der Waals surface area contributed by atoms with Gasteiger partial charge in [-0.15, -0.1) is 0 Å². The van der Waals surface area contributed by atoms with Crippen LogP contribution >= 0.6 is 7.60 Å². The van der Waals surface area contributed by atoms with Crippen molar-refractivity contribution in [3.05, 3.63) is 107 Å². The first-order valence-corrected chi connectivity index (χ1v) is 14.0. The number of amides is 1. The summed E-state index contributed by atoms with van der Waals surface area (Å²) in [4.78, 5) is 14.2. The van der Waals surface area contributed by atoms with Crippen LogP contribution in [0.1, 0.15) is 48.6 Å². The molecule has 1 aliphatic heterocycles.